The Morgan fingerprint density at radius 1 is 1.18 bits per heavy atom. The highest BCUT2D eigenvalue weighted by Gasteiger charge is 2.09. The molecular formula is C15H13N5OS. The molecule has 0 bridgehead atoms. The molecule has 6 nitrogen and oxygen atoms in total. The molecule has 0 atom stereocenters. The van der Waals surface area contributed by atoms with E-state index in [9.17, 15) is 0 Å². The van der Waals surface area contributed by atoms with Crippen molar-refractivity contribution in [3.05, 3.63) is 66.8 Å². The molecule has 4 aromatic heterocycles. The van der Waals surface area contributed by atoms with E-state index in [1.807, 2.05) is 51.7 Å². The van der Waals surface area contributed by atoms with Crippen LogP contribution in [0.5, 0.6) is 0 Å². The van der Waals surface area contributed by atoms with Crippen molar-refractivity contribution in [3.8, 4) is 0 Å². The minimum atomic E-state index is 0.632. The normalized spacial score (nSPS) is 11.3. The molecule has 0 aliphatic carbocycles. The number of imidazole rings is 1. The van der Waals surface area contributed by atoms with E-state index in [1.54, 1.807) is 24.4 Å². The van der Waals surface area contributed by atoms with E-state index in [-0.39, 0.29) is 0 Å². The largest absolute Gasteiger partial charge is 0.467 e. The molecule has 110 valence electrons. The number of hydrogen-bond acceptors (Lipinski definition) is 5. The van der Waals surface area contributed by atoms with Gasteiger partial charge in [0.05, 0.1) is 18.5 Å². The molecule has 4 heterocycles. The average Bonchev–Trinajstić information content (AvgIpc) is 3.26. The molecule has 0 fully saturated rings. The molecule has 0 saturated carbocycles. The maximum Gasteiger partial charge on any atom is 0.191 e. The SMILES string of the molecule is c1coc(Cn2cnnc2SCc2cn3ccccc3n2)c1. The zero-order valence-corrected chi connectivity index (χ0v) is 12.5. The summed E-state index contributed by atoms with van der Waals surface area (Å²) < 4.78 is 9.35. The van der Waals surface area contributed by atoms with Gasteiger partial charge in [0.25, 0.3) is 0 Å². The summed E-state index contributed by atoms with van der Waals surface area (Å²) in [5.74, 6) is 1.63. The summed E-state index contributed by atoms with van der Waals surface area (Å²) in [7, 11) is 0. The second-order valence-electron chi connectivity index (χ2n) is 4.81. The standard InChI is InChI=1S/C15H13N5OS/c1-2-6-19-8-12(17-14(19)5-1)10-22-15-18-16-11-20(15)9-13-4-3-7-21-13/h1-8,11H,9-10H2. The summed E-state index contributed by atoms with van der Waals surface area (Å²) in [4.78, 5) is 4.58. The van der Waals surface area contributed by atoms with Crippen molar-refractivity contribution in [3.63, 3.8) is 0 Å². The van der Waals surface area contributed by atoms with Crippen LogP contribution < -0.4 is 0 Å². The van der Waals surface area contributed by atoms with Gasteiger partial charge in [-0.2, -0.15) is 0 Å². The lowest BCUT2D eigenvalue weighted by molar-refractivity contribution is 0.484. The van der Waals surface area contributed by atoms with E-state index >= 15 is 0 Å². The molecule has 0 aromatic carbocycles. The van der Waals surface area contributed by atoms with Crippen LogP contribution in [0.3, 0.4) is 0 Å². The molecule has 0 amide bonds. The van der Waals surface area contributed by atoms with Gasteiger partial charge >= 0.3 is 0 Å². The van der Waals surface area contributed by atoms with Crippen molar-refractivity contribution in [1.29, 1.82) is 0 Å². The Morgan fingerprint density at radius 2 is 2.18 bits per heavy atom. The van der Waals surface area contributed by atoms with Crippen LogP contribution in [0.4, 0.5) is 0 Å². The van der Waals surface area contributed by atoms with Gasteiger partial charge in [-0.15, -0.1) is 10.2 Å². The topological polar surface area (TPSA) is 61.2 Å². The van der Waals surface area contributed by atoms with Gasteiger partial charge in [0, 0.05) is 18.1 Å². The summed E-state index contributed by atoms with van der Waals surface area (Å²) in [5, 5.41) is 9.00. The molecule has 7 heteroatoms. The molecule has 4 rings (SSSR count). The van der Waals surface area contributed by atoms with Gasteiger partial charge < -0.3 is 13.4 Å². The highest BCUT2D eigenvalue weighted by molar-refractivity contribution is 7.98. The molecule has 0 saturated heterocycles. The van der Waals surface area contributed by atoms with Gasteiger partial charge in [-0.25, -0.2) is 4.98 Å². The highest BCUT2D eigenvalue weighted by Crippen LogP contribution is 2.21. The van der Waals surface area contributed by atoms with E-state index in [0.717, 1.165) is 28.0 Å². The van der Waals surface area contributed by atoms with Gasteiger partial charge in [0.15, 0.2) is 5.16 Å². The Kier molecular flexibility index (Phi) is 3.40. The molecule has 0 aliphatic rings. The first-order valence-corrected chi connectivity index (χ1v) is 7.83. The molecule has 0 unspecified atom stereocenters. The van der Waals surface area contributed by atoms with Crippen LogP contribution >= 0.6 is 11.8 Å². The third kappa shape index (κ3) is 2.62. The van der Waals surface area contributed by atoms with Gasteiger partial charge in [-0.1, -0.05) is 17.8 Å². The maximum absolute atomic E-state index is 5.36. The van der Waals surface area contributed by atoms with Crippen LogP contribution in [0, 0.1) is 0 Å². The molecule has 22 heavy (non-hydrogen) atoms. The Bertz CT molecular complexity index is 847. The van der Waals surface area contributed by atoms with Crippen molar-refractivity contribution in [1.82, 2.24) is 24.1 Å². The number of rotatable bonds is 5. The number of nitrogens with zero attached hydrogens (tertiary/aromatic N) is 5. The predicted octanol–water partition coefficient (Wildman–Crippen LogP) is 2.86. The first-order valence-electron chi connectivity index (χ1n) is 6.84. The third-order valence-electron chi connectivity index (χ3n) is 3.25. The van der Waals surface area contributed by atoms with Crippen molar-refractivity contribution >= 4 is 17.4 Å². The summed E-state index contributed by atoms with van der Waals surface area (Å²) in [5.41, 5.74) is 1.97. The quantitative estimate of drug-likeness (QED) is 0.530. The maximum atomic E-state index is 5.36. The fraction of sp³-hybridized carbons (Fsp3) is 0.133. The van der Waals surface area contributed by atoms with E-state index in [0.29, 0.717) is 6.54 Å². The lowest BCUT2D eigenvalue weighted by atomic mass is 10.4. The first-order chi connectivity index (χ1) is 10.9. The molecule has 0 spiro atoms. The number of thioether (sulfide) groups is 1. The number of aromatic nitrogens is 5. The summed E-state index contributed by atoms with van der Waals surface area (Å²) in [6.45, 7) is 0.632. The number of furan rings is 1. The van der Waals surface area contributed by atoms with Crippen molar-refractivity contribution in [2.75, 3.05) is 0 Å². The van der Waals surface area contributed by atoms with Gasteiger partial charge in [0.2, 0.25) is 0 Å². The van der Waals surface area contributed by atoms with Crippen LogP contribution in [-0.4, -0.2) is 24.1 Å². The van der Waals surface area contributed by atoms with E-state index in [1.165, 1.54) is 0 Å². The zero-order chi connectivity index (χ0) is 14.8. The van der Waals surface area contributed by atoms with Gasteiger partial charge in [-0.05, 0) is 24.3 Å². The molecule has 4 aromatic rings. The van der Waals surface area contributed by atoms with E-state index < -0.39 is 0 Å². The fourth-order valence-corrected chi connectivity index (χ4v) is 3.03. The lowest BCUT2D eigenvalue weighted by Crippen LogP contribution is -1.99. The lowest BCUT2D eigenvalue weighted by Gasteiger charge is -2.03. The Balaban J connectivity index is 1.48. The van der Waals surface area contributed by atoms with Crippen LogP contribution in [0.15, 0.2) is 64.9 Å². The minimum absolute atomic E-state index is 0.632. The summed E-state index contributed by atoms with van der Waals surface area (Å²) >= 11 is 1.62. The van der Waals surface area contributed by atoms with Crippen LogP contribution in [0.25, 0.3) is 5.65 Å². The zero-order valence-electron chi connectivity index (χ0n) is 11.7. The third-order valence-corrected chi connectivity index (χ3v) is 4.26. The molecular weight excluding hydrogens is 298 g/mol. The number of fused-ring (bicyclic) bond motifs is 1. The van der Waals surface area contributed by atoms with Gasteiger partial charge in [-0.3, -0.25) is 0 Å². The van der Waals surface area contributed by atoms with Crippen molar-refractivity contribution < 1.29 is 4.42 Å². The Morgan fingerprint density at radius 3 is 3.05 bits per heavy atom. The van der Waals surface area contributed by atoms with E-state index in [4.69, 9.17) is 4.42 Å². The van der Waals surface area contributed by atoms with Crippen molar-refractivity contribution in [2.45, 2.75) is 17.5 Å². The summed E-state index contributed by atoms with van der Waals surface area (Å²) in [6, 6.07) is 9.79. The predicted molar refractivity (Wildman–Crippen MR) is 82.6 cm³/mol. The average molecular weight is 311 g/mol. The highest BCUT2D eigenvalue weighted by atomic mass is 32.2. The molecule has 0 N–H and O–H groups in total. The monoisotopic (exact) mass is 311 g/mol. The Hall–Kier alpha value is -2.54. The van der Waals surface area contributed by atoms with Gasteiger partial charge in [0.1, 0.15) is 17.7 Å². The smallest absolute Gasteiger partial charge is 0.191 e. The first kappa shape index (κ1) is 13.1. The molecule has 0 aliphatic heterocycles. The number of hydrogen-bond donors (Lipinski definition) is 0. The Labute approximate surface area is 130 Å². The summed E-state index contributed by atoms with van der Waals surface area (Å²) in [6.07, 6.45) is 7.42. The van der Waals surface area contributed by atoms with Crippen LogP contribution in [-0.2, 0) is 12.3 Å². The minimum Gasteiger partial charge on any atom is -0.467 e. The second-order valence-corrected chi connectivity index (χ2v) is 5.75. The van der Waals surface area contributed by atoms with Crippen LogP contribution in [0.1, 0.15) is 11.5 Å². The van der Waals surface area contributed by atoms with Crippen LogP contribution in [0.2, 0.25) is 0 Å². The number of pyridine rings is 1. The second kappa shape index (κ2) is 5.69. The molecule has 0 radical (unpaired) electrons. The fourth-order valence-electron chi connectivity index (χ4n) is 2.23. The van der Waals surface area contributed by atoms with E-state index in [2.05, 4.69) is 15.2 Å². The van der Waals surface area contributed by atoms with Crippen molar-refractivity contribution in [2.24, 2.45) is 0 Å².